The van der Waals surface area contributed by atoms with Crippen LogP contribution >= 0.6 is 11.3 Å². The van der Waals surface area contributed by atoms with Gasteiger partial charge in [0.2, 0.25) is 0 Å². The Morgan fingerprint density at radius 3 is 2.44 bits per heavy atom. The zero-order valence-electron chi connectivity index (χ0n) is 20.1. The number of ketones is 1. The van der Waals surface area contributed by atoms with Crippen LogP contribution in [0.25, 0.3) is 11.3 Å². The lowest BCUT2D eigenvalue weighted by molar-refractivity contribution is 0.101. The second kappa shape index (κ2) is 11.8. The molecule has 1 aliphatic carbocycles. The molecule has 0 N–H and O–H groups in total. The molecule has 0 atom stereocenters. The minimum Gasteiger partial charge on any atom is -0.371 e. The number of thiophene rings is 1. The molecule has 2 aromatic heterocycles. The van der Waals surface area contributed by atoms with Gasteiger partial charge in [-0.2, -0.15) is 11.3 Å². The van der Waals surface area contributed by atoms with Gasteiger partial charge < -0.3 is 9.47 Å². The van der Waals surface area contributed by atoms with Crippen LogP contribution in [0.3, 0.4) is 0 Å². The number of carbonyl (C=O) groups excluding carboxylic acids is 1. The van der Waals surface area contributed by atoms with Crippen LogP contribution in [0.2, 0.25) is 0 Å². The van der Waals surface area contributed by atoms with Gasteiger partial charge in [0.25, 0.3) is 0 Å². The fourth-order valence-corrected chi connectivity index (χ4v) is 4.58. The average molecular weight is 455 g/mol. The third kappa shape index (κ3) is 5.57. The van der Waals surface area contributed by atoms with Crippen molar-refractivity contribution in [2.75, 3.05) is 13.6 Å². The summed E-state index contributed by atoms with van der Waals surface area (Å²) in [6.07, 6.45) is 7.66. The third-order valence-electron chi connectivity index (χ3n) is 5.47. The van der Waals surface area contributed by atoms with E-state index >= 15 is 0 Å². The Kier molecular flexibility index (Phi) is 9.45. The van der Waals surface area contributed by atoms with Crippen LogP contribution in [0.15, 0.2) is 58.7 Å². The number of aromatic nitrogens is 1. The second-order valence-corrected chi connectivity index (χ2v) is 8.85. The van der Waals surface area contributed by atoms with E-state index in [0.717, 1.165) is 24.5 Å². The van der Waals surface area contributed by atoms with Gasteiger partial charge in [-0.15, -0.1) is 13.2 Å². The number of Topliss-reactive ketones (excluding diaryl/α,β-unsaturated/α-hetero) is 1. The predicted octanol–water partition coefficient (Wildman–Crippen LogP) is 6.75. The molecule has 2 aliphatic rings. The maximum atomic E-state index is 12.6. The lowest BCUT2D eigenvalue weighted by Gasteiger charge is -2.34. The van der Waals surface area contributed by atoms with Gasteiger partial charge in [0, 0.05) is 39.4 Å². The van der Waals surface area contributed by atoms with Crippen molar-refractivity contribution in [2.24, 2.45) is 5.92 Å². The van der Waals surface area contributed by atoms with E-state index in [2.05, 4.69) is 73.3 Å². The maximum absolute atomic E-state index is 12.6. The summed E-state index contributed by atoms with van der Waals surface area (Å²) < 4.78 is 2.07. The Morgan fingerprint density at radius 1 is 1.28 bits per heavy atom. The van der Waals surface area contributed by atoms with E-state index in [1.807, 2.05) is 0 Å². The topological polar surface area (TPSA) is 42.3 Å². The number of nitrogens with zero attached hydrogens (tertiary/aromatic N) is 2. The van der Waals surface area contributed by atoms with E-state index in [0.29, 0.717) is 5.92 Å². The van der Waals surface area contributed by atoms with E-state index in [1.165, 1.54) is 42.9 Å². The standard InChI is InChI=1S/C22H24N2O2S.C3H8.C2H4.H2/c1-4-17(15-5-6-15)21(16-7-10-27-13-16)22-19-11-20(26)18(14(2)25)12-24(19)9-8-23(22)3;1-3-2;1-2;/h4,7,10-13,15H,5-6,8-9H2,1-3H3;3H2,1-2H3;1-2H2;1H/b17-4+,22-21-;;;. The summed E-state index contributed by atoms with van der Waals surface area (Å²) in [7, 11) is 2.09. The van der Waals surface area contributed by atoms with E-state index in [9.17, 15) is 9.59 Å². The average Bonchev–Trinajstić information content (AvgIpc) is 3.47. The van der Waals surface area contributed by atoms with Crippen LogP contribution in [0.5, 0.6) is 0 Å². The number of likely N-dealkylation sites (N-methyl/N-ethyl adjacent to an activating group) is 1. The molecule has 5 heteroatoms. The fourth-order valence-electron chi connectivity index (χ4n) is 3.94. The van der Waals surface area contributed by atoms with Crippen molar-refractivity contribution in [1.82, 2.24) is 9.47 Å². The zero-order valence-corrected chi connectivity index (χ0v) is 20.9. The largest absolute Gasteiger partial charge is 0.371 e. The molecule has 4 nitrogen and oxygen atoms in total. The number of hydrogen-bond donors (Lipinski definition) is 0. The minimum absolute atomic E-state index is 0. The van der Waals surface area contributed by atoms with Crippen molar-refractivity contribution in [3.05, 3.63) is 80.9 Å². The smallest absolute Gasteiger partial charge is 0.193 e. The highest BCUT2D eigenvalue weighted by Gasteiger charge is 2.32. The van der Waals surface area contributed by atoms with E-state index < -0.39 is 0 Å². The highest BCUT2D eigenvalue weighted by Crippen LogP contribution is 2.46. The Morgan fingerprint density at radius 2 is 1.94 bits per heavy atom. The van der Waals surface area contributed by atoms with Crippen molar-refractivity contribution < 1.29 is 6.22 Å². The molecule has 0 aromatic carbocycles. The van der Waals surface area contributed by atoms with E-state index in [1.54, 1.807) is 23.6 Å². The molecule has 174 valence electrons. The Balaban J connectivity index is 0.000000841. The van der Waals surface area contributed by atoms with Crippen LogP contribution in [0, 0.1) is 5.92 Å². The van der Waals surface area contributed by atoms with Crippen LogP contribution in [-0.2, 0) is 6.54 Å². The van der Waals surface area contributed by atoms with Crippen LogP contribution < -0.4 is 5.43 Å². The molecule has 1 fully saturated rings. The molecule has 1 saturated carbocycles. The highest BCUT2D eigenvalue weighted by atomic mass is 32.1. The molecule has 0 radical (unpaired) electrons. The van der Waals surface area contributed by atoms with Crippen LogP contribution in [0.4, 0.5) is 0 Å². The van der Waals surface area contributed by atoms with Gasteiger partial charge in [-0.1, -0.05) is 26.3 Å². The second-order valence-electron chi connectivity index (χ2n) is 8.07. The molecule has 4 rings (SSSR count). The molecule has 32 heavy (non-hydrogen) atoms. The summed E-state index contributed by atoms with van der Waals surface area (Å²) in [5.74, 6) is 0.425. The van der Waals surface area contributed by atoms with Gasteiger partial charge >= 0.3 is 0 Å². The zero-order chi connectivity index (χ0) is 23.8. The number of rotatable bonds is 4. The summed E-state index contributed by atoms with van der Waals surface area (Å²) in [4.78, 5) is 26.7. The Bertz CT molecular complexity index is 1050. The fraction of sp³-hybridized carbons (Fsp3) is 0.407. The normalized spacial score (nSPS) is 16.8. The first-order chi connectivity index (χ1) is 15.4. The van der Waals surface area contributed by atoms with Crippen molar-refractivity contribution in [2.45, 2.75) is 53.5 Å². The monoisotopic (exact) mass is 454 g/mol. The SMILES string of the molecule is C/C=C(/C(=C1/c2cc(=O)c(C(C)=O)cn2CCN1C)c1ccsc1)C1CC1.C=C.CCC.[HH]. The summed E-state index contributed by atoms with van der Waals surface area (Å²) in [5, 5.41) is 4.29. The molecule has 0 saturated heterocycles. The van der Waals surface area contributed by atoms with Crippen LogP contribution in [-0.4, -0.2) is 28.8 Å². The number of fused-ring (bicyclic) bond motifs is 1. The first-order valence-corrected chi connectivity index (χ1v) is 12.3. The first-order valence-electron chi connectivity index (χ1n) is 11.3. The molecule has 0 unspecified atom stereocenters. The molecule has 1 aliphatic heterocycles. The van der Waals surface area contributed by atoms with E-state index in [-0.39, 0.29) is 18.2 Å². The van der Waals surface area contributed by atoms with Gasteiger partial charge in [0.1, 0.15) is 0 Å². The lowest BCUT2D eigenvalue weighted by Crippen LogP contribution is -2.33. The third-order valence-corrected chi connectivity index (χ3v) is 6.15. The molecular weight excluding hydrogens is 416 g/mol. The maximum Gasteiger partial charge on any atom is 0.193 e. The van der Waals surface area contributed by atoms with Gasteiger partial charge in [-0.05, 0) is 60.6 Å². The molecule has 0 bridgehead atoms. The molecule has 0 spiro atoms. The van der Waals surface area contributed by atoms with Gasteiger partial charge in [-0.25, -0.2) is 0 Å². The predicted molar refractivity (Wildman–Crippen MR) is 140 cm³/mol. The summed E-state index contributed by atoms with van der Waals surface area (Å²) >= 11 is 1.69. The Labute approximate surface area is 198 Å². The molecule has 0 amide bonds. The highest BCUT2D eigenvalue weighted by molar-refractivity contribution is 7.08. The summed E-state index contributed by atoms with van der Waals surface area (Å²) in [6.45, 7) is 15.4. The first kappa shape index (κ1) is 25.6. The lowest BCUT2D eigenvalue weighted by atomic mass is 9.91. The van der Waals surface area contributed by atoms with Gasteiger partial charge in [0.15, 0.2) is 11.2 Å². The molecule has 3 heterocycles. The minimum atomic E-state index is -0.195. The van der Waals surface area contributed by atoms with Crippen molar-refractivity contribution >= 4 is 28.4 Å². The number of pyridine rings is 1. The molecule has 2 aromatic rings. The Hall–Kier alpha value is -2.66. The van der Waals surface area contributed by atoms with Crippen molar-refractivity contribution in [3.63, 3.8) is 0 Å². The van der Waals surface area contributed by atoms with Gasteiger partial charge in [-0.3, -0.25) is 9.59 Å². The summed E-state index contributed by atoms with van der Waals surface area (Å²) in [6, 6.07) is 3.81. The number of carbonyl (C=O) groups is 1. The van der Waals surface area contributed by atoms with Crippen molar-refractivity contribution in [3.8, 4) is 0 Å². The van der Waals surface area contributed by atoms with Crippen LogP contribution in [0.1, 0.15) is 70.0 Å². The number of hydrogen-bond acceptors (Lipinski definition) is 4. The number of allylic oxidation sites excluding steroid dienone is 3. The summed E-state index contributed by atoms with van der Waals surface area (Å²) in [5.41, 5.74) is 5.87. The van der Waals surface area contributed by atoms with Gasteiger partial charge in [0.05, 0.1) is 17.0 Å². The van der Waals surface area contributed by atoms with E-state index in [4.69, 9.17) is 0 Å². The quantitative estimate of drug-likeness (QED) is 0.379. The van der Waals surface area contributed by atoms with Crippen molar-refractivity contribution in [1.29, 1.82) is 0 Å². The molecular formula is C27H38N2O2S.